The third-order valence-electron chi connectivity index (χ3n) is 3.84. The number of hydrogen-bond acceptors (Lipinski definition) is 6. The quantitative estimate of drug-likeness (QED) is 0.360. The number of hydrogen-bond donors (Lipinski definition) is 4. The number of rotatable bonds is 7. The van der Waals surface area contributed by atoms with E-state index in [1.54, 1.807) is 11.9 Å². The highest BCUT2D eigenvalue weighted by atomic mass is 32.2. The van der Waals surface area contributed by atoms with E-state index in [0.717, 1.165) is 12.8 Å². The molecule has 2 saturated heterocycles. The van der Waals surface area contributed by atoms with Gasteiger partial charge in [0.25, 0.3) is 0 Å². The van der Waals surface area contributed by atoms with E-state index in [2.05, 4.69) is 17.6 Å². The van der Waals surface area contributed by atoms with Crippen molar-refractivity contribution in [3.8, 4) is 0 Å². The van der Waals surface area contributed by atoms with Crippen LogP contribution >= 0.6 is 11.8 Å². The fraction of sp³-hybridized carbons (Fsp3) is 0.800. The molecular weight excluding hydrogens is 348 g/mol. The first-order valence-electron chi connectivity index (χ1n) is 8.41. The smallest absolute Gasteiger partial charge is 0.319 e. The second-order valence-corrected chi connectivity index (χ2v) is 7.13. The number of carboxylic acids is 2. The minimum atomic E-state index is -0.814. The molecule has 0 aliphatic carbocycles. The number of nitrogens with one attached hydrogen (secondary N) is 2. The SMILES string of the molecule is CCCCNC(=O)N1CCN(CC(=O)O)CC1.CNC1SC1C(=O)O. The third-order valence-corrected chi connectivity index (χ3v) is 5.10. The second-order valence-electron chi connectivity index (χ2n) is 5.85. The Balaban J connectivity index is 0.000000324. The summed E-state index contributed by atoms with van der Waals surface area (Å²) in [4.78, 5) is 35.9. The number of aliphatic carboxylic acids is 2. The van der Waals surface area contributed by atoms with Crippen LogP contribution in [-0.4, -0.2) is 94.9 Å². The Kier molecular flexibility index (Phi) is 9.61. The van der Waals surface area contributed by atoms with Crippen molar-refractivity contribution in [1.82, 2.24) is 20.4 Å². The van der Waals surface area contributed by atoms with Crippen molar-refractivity contribution >= 4 is 29.7 Å². The zero-order chi connectivity index (χ0) is 18.8. The number of amides is 2. The molecule has 2 atom stereocenters. The predicted molar refractivity (Wildman–Crippen MR) is 95.8 cm³/mol. The van der Waals surface area contributed by atoms with Gasteiger partial charge in [-0.05, 0) is 13.5 Å². The molecule has 0 saturated carbocycles. The Labute approximate surface area is 152 Å². The maximum atomic E-state index is 11.7. The van der Waals surface area contributed by atoms with Crippen molar-refractivity contribution in [2.75, 3.05) is 46.3 Å². The zero-order valence-electron chi connectivity index (χ0n) is 14.7. The van der Waals surface area contributed by atoms with Crippen LogP contribution in [0.25, 0.3) is 0 Å². The number of thioether (sulfide) groups is 1. The molecule has 2 aliphatic heterocycles. The molecule has 9 nitrogen and oxygen atoms in total. The molecule has 0 radical (unpaired) electrons. The van der Waals surface area contributed by atoms with Gasteiger partial charge in [0, 0.05) is 32.7 Å². The lowest BCUT2D eigenvalue weighted by molar-refractivity contribution is -0.138. The van der Waals surface area contributed by atoms with Gasteiger partial charge in [0.2, 0.25) is 0 Å². The number of carbonyl (C=O) groups is 3. The molecule has 0 bridgehead atoms. The number of urea groups is 1. The minimum absolute atomic E-state index is 0.0339. The van der Waals surface area contributed by atoms with Gasteiger partial charge < -0.3 is 25.7 Å². The maximum absolute atomic E-state index is 11.7. The van der Waals surface area contributed by atoms with Crippen LogP contribution in [-0.2, 0) is 9.59 Å². The Morgan fingerprint density at radius 1 is 1.16 bits per heavy atom. The van der Waals surface area contributed by atoms with E-state index in [0.29, 0.717) is 32.7 Å². The van der Waals surface area contributed by atoms with Crippen molar-refractivity contribution in [3.63, 3.8) is 0 Å². The number of nitrogens with zero attached hydrogens (tertiary/aromatic N) is 2. The lowest BCUT2D eigenvalue weighted by Gasteiger charge is -2.33. The molecule has 10 heteroatoms. The van der Waals surface area contributed by atoms with Crippen molar-refractivity contribution in [2.24, 2.45) is 0 Å². The summed E-state index contributed by atoms with van der Waals surface area (Å²) in [6, 6.07) is -0.0339. The molecule has 144 valence electrons. The predicted octanol–water partition coefficient (Wildman–Crippen LogP) is -0.0698. The van der Waals surface area contributed by atoms with Crippen LogP contribution in [0.1, 0.15) is 19.8 Å². The third kappa shape index (κ3) is 8.41. The maximum Gasteiger partial charge on any atom is 0.319 e. The van der Waals surface area contributed by atoms with Crippen LogP contribution in [0.15, 0.2) is 0 Å². The monoisotopic (exact) mass is 376 g/mol. The van der Waals surface area contributed by atoms with E-state index in [1.807, 2.05) is 4.90 Å². The molecule has 0 aromatic carbocycles. The van der Waals surface area contributed by atoms with Crippen LogP contribution < -0.4 is 10.6 Å². The Morgan fingerprint density at radius 3 is 2.20 bits per heavy atom. The molecule has 4 N–H and O–H groups in total. The summed E-state index contributed by atoms with van der Waals surface area (Å²) in [5.41, 5.74) is 0. The summed E-state index contributed by atoms with van der Waals surface area (Å²) >= 11 is 1.43. The summed E-state index contributed by atoms with van der Waals surface area (Å²) in [5, 5.41) is 22.6. The summed E-state index contributed by atoms with van der Waals surface area (Å²) in [7, 11) is 1.76. The molecule has 2 heterocycles. The van der Waals surface area contributed by atoms with E-state index >= 15 is 0 Å². The molecule has 2 fully saturated rings. The van der Waals surface area contributed by atoms with Crippen molar-refractivity contribution in [1.29, 1.82) is 0 Å². The van der Waals surface area contributed by atoms with Gasteiger partial charge in [-0.2, -0.15) is 0 Å². The van der Waals surface area contributed by atoms with Crippen LogP contribution in [0.4, 0.5) is 4.79 Å². The van der Waals surface area contributed by atoms with E-state index in [1.165, 1.54) is 11.8 Å². The molecule has 2 aliphatic rings. The van der Waals surface area contributed by atoms with Gasteiger partial charge in [0.1, 0.15) is 5.25 Å². The highest BCUT2D eigenvalue weighted by molar-refractivity contribution is 8.08. The van der Waals surface area contributed by atoms with Crippen LogP contribution in [0.2, 0.25) is 0 Å². The molecule has 25 heavy (non-hydrogen) atoms. The van der Waals surface area contributed by atoms with Crippen molar-refractivity contribution in [2.45, 2.75) is 30.4 Å². The lowest BCUT2D eigenvalue weighted by Crippen LogP contribution is -2.52. The number of carbonyl (C=O) groups excluding carboxylic acids is 1. The molecule has 2 unspecified atom stereocenters. The molecule has 0 aromatic rings. The lowest BCUT2D eigenvalue weighted by atomic mass is 10.3. The van der Waals surface area contributed by atoms with E-state index < -0.39 is 11.9 Å². The number of unbranched alkanes of at least 4 members (excludes halogenated alkanes) is 1. The van der Waals surface area contributed by atoms with Gasteiger partial charge >= 0.3 is 18.0 Å². The molecule has 2 amide bonds. The Hall–Kier alpha value is -1.52. The first-order valence-corrected chi connectivity index (χ1v) is 9.35. The first-order chi connectivity index (χ1) is 11.9. The minimum Gasteiger partial charge on any atom is -0.480 e. The summed E-state index contributed by atoms with van der Waals surface area (Å²) in [6.45, 7) is 5.32. The molecule has 2 rings (SSSR count). The highest BCUT2D eigenvalue weighted by Gasteiger charge is 2.43. The van der Waals surface area contributed by atoms with Crippen molar-refractivity contribution in [3.05, 3.63) is 0 Å². The number of carboxylic acid groups (broad SMARTS) is 2. The standard InChI is InChI=1S/C11H21N3O3.C4H7NO2S/c1-2-3-4-12-11(17)14-7-5-13(6-8-14)9-10(15)16;1-5-3-2(8-3)4(6)7/h2-9H2,1H3,(H,12,17)(H,15,16);2-3,5H,1H3,(H,6,7). The Bertz CT molecular complexity index is 457. The van der Waals surface area contributed by atoms with E-state index in [9.17, 15) is 14.4 Å². The Morgan fingerprint density at radius 2 is 1.80 bits per heavy atom. The van der Waals surface area contributed by atoms with Gasteiger partial charge in [-0.1, -0.05) is 13.3 Å². The van der Waals surface area contributed by atoms with E-state index in [-0.39, 0.29) is 23.2 Å². The first kappa shape index (κ1) is 21.5. The average Bonchev–Trinajstić information content (AvgIpc) is 3.36. The van der Waals surface area contributed by atoms with Crippen molar-refractivity contribution < 1.29 is 24.6 Å². The summed E-state index contributed by atoms with van der Waals surface area (Å²) in [6.07, 6.45) is 2.05. The summed E-state index contributed by atoms with van der Waals surface area (Å²) < 4.78 is 0. The zero-order valence-corrected chi connectivity index (χ0v) is 15.5. The number of piperazine rings is 1. The largest absolute Gasteiger partial charge is 0.480 e. The highest BCUT2D eigenvalue weighted by Crippen LogP contribution is 2.38. The van der Waals surface area contributed by atoms with Gasteiger partial charge in [-0.3, -0.25) is 14.5 Å². The van der Waals surface area contributed by atoms with Crippen LogP contribution in [0.3, 0.4) is 0 Å². The topological polar surface area (TPSA) is 122 Å². The average molecular weight is 376 g/mol. The van der Waals surface area contributed by atoms with Crippen LogP contribution in [0.5, 0.6) is 0 Å². The molecule has 0 spiro atoms. The van der Waals surface area contributed by atoms with Gasteiger partial charge in [0.15, 0.2) is 0 Å². The summed E-state index contributed by atoms with van der Waals surface area (Å²) in [5.74, 6) is -1.53. The second kappa shape index (κ2) is 11.2. The molecular formula is C15H28N4O5S. The normalized spacial score (nSPS) is 22.6. The van der Waals surface area contributed by atoms with Gasteiger partial charge in [-0.25, -0.2) is 4.79 Å². The van der Waals surface area contributed by atoms with Crippen LogP contribution in [0, 0.1) is 0 Å². The van der Waals surface area contributed by atoms with Gasteiger partial charge in [0.05, 0.1) is 11.9 Å². The molecule has 0 aromatic heterocycles. The fourth-order valence-corrected chi connectivity index (χ4v) is 3.03. The van der Waals surface area contributed by atoms with E-state index in [4.69, 9.17) is 10.2 Å². The fourth-order valence-electron chi connectivity index (χ4n) is 2.30. The van der Waals surface area contributed by atoms with Gasteiger partial charge in [-0.15, -0.1) is 11.8 Å².